The summed E-state index contributed by atoms with van der Waals surface area (Å²) in [6, 6.07) is 3.69. The van der Waals surface area contributed by atoms with E-state index in [4.69, 9.17) is 0 Å². The number of amides is 1. The summed E-state index contributed by atoms with van der Waals surface area (Å²) in [7, 11) is 1.40. The monoisotopic (exact) mass is 304 g/mol. The minimum atomic E-state index is -4.48. The lowest BCUT2D eigenvalue weighted by Crippen LogP contribution is -2.38. The smallest absolute Gasteiger partial charge is 0.387 e. The summed E-state index contributed by atoms with van der Waals surface area (Å²) >= 11 is 1.74. The highest BCUT2D eigenvalue weighted by Crippen LogP contribution is 2.36. The first-order valence-electron chi connectivity index (χ1n) is 6.20. The van der Waals surface area contributed by atoms with Crippen LogP contribution in [0, 0.1) is 0 Å². The molecular formula is C13H15F3N2OS. The minimum absolute atomic E-state index is 0.0780. The van der Waals surface area contributed by atoms with Gasteiger partial charge in [-0.25, -0.2) is 0 Å². The van der Waals surface area contributed by atoms with Crippen LogP contribution in [0.4, 0.5) is 18.9 Å². The normalized spacial score (nSPS) is 16.1. The number of thioether (sulfide) groups is 1. The second kappa shape index (κ2) is 5.95. The van der Waals surface area contributed by atoms with Crippen molar-refractivity contribution in [3.05, 3.63) is 29.3 Å². The average Bonchev–Trinajstić information content (AvgIpc) is 2.45. The number of halogens is 3. The SMILES string of the molecule is CNc1c(C(=O)N2CCSCC2)cccc1C(F)(F)F. The number of carbonyl (C=O) groups is 1. The Bertz CT molecular complexity index is 499. The van der Waals surface area contributed by atoms with Gasteiger partial charge in [-0.05, 0) is 12.1 Å². The molecule has 0 saturated carbocycles. The Hall–Kier alpha value is -1.37. The third-order valence-corrected chi connectivity index (χ3v) is 4.09. The zero-order valence-corrected chi connectivity index (χ0v) is 11.8. The second-order valence-electron chi connectivity index (χ2n) is 4.38. The van der Waals surface area contributed by atoms with E-state index in [1.165, 1.54) is 19.2 Å². The number of nitrogens with one attached hydrogen (secondary N) is 1. The van der Waals surface area contributed by atoms with Crippen molar-refractivity contribution < 1.29 is 18.0 Å². The lowest BCUT2D eigenvalue weighted by Gasteiger charge is -2.27. The summed E-state index contributed by atoms with van der Waals surface area (Å²) in [5, 5.41) is 2.52. The Morgan fingerprint density at radius 2 is 1.95 bits per heavy atom. The molecule has 0 bridgehead atoms. The number of nitrogens with zero attached hydrogens (tertiary/aromatic N) is 1. The largest absolute Gasteiger partial charge is 0.418 e. The predicted molar refractivity (Wildman–Crippen MR) is 74.2 cm³/mol. The van der Waals surface area contributed by atoms with Crippen LogP contribution < -0.4 is 5.32 Å². The molecule has 0 unspecified atom stereocenters. The van der Waals surface area contributed by atoms with E-state index in [0.717, 1.165) is 17.6 Å². The van der Waals surface area contributed by atoms with Gasteiger partial charge in [-0.1, -0.05) is 6.07 Å². The summed E-state index contributed by atoms with van der Waals surface area (Å²) in [5.74, 6) is 1.29. The zero-order valence-electron chi connectivity index (χ0n) is 11.0. The standard InChI is InChI=1S/C13H15F3N2OS/c1-17-11-9(3-2-4-10(11)13(14,15)16)12(19)18-5-7-20-8-6-18/h2-4,17H,5-8H2,1H3. The average molecular weight is 304 g/mol. The molecule has 7 heteroatoms. The second-order valence-corrected chi connectivity index (χ2v) is 5.61. The van der Waals surface area contributed by atoms with Crippen molar-refractivity contribution in [1.82, 2.24) is 4.90 Å². The van der Waals surface area contributed by atoms with Crippen LogP contribution in [-0.4, -0.2) is 42.4 Å². The maximum atomic E-state index is 13.0. The van der Waals surface area contributed by atoms with Crippen molar-refractivity contribution in [2.45, 2.75) is 6.18 Å². The molecule has 110 valence electrons. The van der Waals surface area contributed by atoms with Gasteiger partial charge in [-0.3, -0.25) is 4.79 Å². The van der Waals surface area contributed by atoms with Gasteiger partial charge in [0.1, 0.15) is 0 Å². The van der Waals surface area contributed by atoms with E-state index in [1.54, 1.807) is 16.7 Å². The van der Waals surface area contributed by atoms with Crippen molar-refractivity contribution in [2.75, 3.05) is 37.0 Å². The fourth-order valence-electron chi connectivity index (χ4n) is 2.17. The third-order valence-electron chi connectivity index (χ3n) is 3.15. The molecule has 20 heavy (non-hydrogen) atoms. The van der Waals surface area contributed by atoms with Gasteiger partial charge >= 0.3 is 6.18 Å². The Kier molecular flexibility index (Phi) is 4.47. The van der Waals surface area contributed by atoms with E-state index in [1.807, 2.05) is 0 Å². The van der Waals surface area contributed by atoms with E-state index >= 15 is 0 Å². The van der Waals surface area contributed by atoms with Crippen LogP contribution in [0.15, 0.2) is 18.2 Å². The molecule has 1 heterocycles. The van der Waals surface area contributed by atoms with E-state index < -0.39 is 11.7 Å². The topological polar surface area (TPSA) is 32.3 Å². The van der Waals surface area contributed by atoms with Gasteiger partial charge in [-0.15, -0.1) is 0 Å². The molecule has 2 rings (SSSR count). The molecule has 0 spiro atoms. The summed E-state index contributed by atoms with van der Waals surface area (Å²) < 4.78 is 38.9. The van der Waals surface area contributed by atoms with Crippen LogP contribution in [0.3, 0.4) is 0 Å². The van der Waals surface area contributed by atoms with Crippen molar-refractivity contribution in [2.24, 2.45) is 0 Å². The molecule has 1 N–H and O–H groups in total. The first-order valence-corrected chi connectivity index (χ1v) is 7.35. The first kappa shape index (κ1) is 15.0. The molecule has 1 saturated heterocycles. The third kappa shape index (κ3) is 3.03. The fraction of sp³-hybridized carbons (Fsp3) is 0.462. The molecule has 1 aliphatic rings. The van der Waals surface area contributed by atoms with Crippen LogP contribution in [0.2, 0.25) is 0 Å². The number of anilines is 1. The van der Waals surface area contributed by atoms with Gasteiger partial charge in [0.2, 0.25) is 0 Å². The predicted octanol–water partition coefficient (Wildman–Crippen LogP) is 2.94. The molecule has 0 radical (unpaired) electrons. The molecule has 1 aromatic carbocycles. The van der Waals surface area contributed by atoms with Gasteiger partial charge in [0.25, 0.3) is 5.91 Å². The number of para-hydroxylation sites is 1. The summed E-state index contributed by atoms with van der Waals surface area (Å²) in [4.78, 5) is 14.0. The van der Waals surface area contributed by atoms with Gasteiger partial charge < -0.3 is 10.2 Å². The lowest BCUT2D eigenvalue weighted by atomic mass is 10.1. The van der Waals surface area contributed by atoms with E-state index in [2.05, 4.69) is 5.32 Å². The molecule has 1 aliphatic heterocycles. The number of hydrogen-bond acceptors (Lipinski definition) is 3. The van der Waals surface area contributed by atoms with Gasteiger partial charge in [-0.2, -0.15) is 24.9 Å². The van der Waals surface area contributed by atoms with Crippen molar-refractivity contribution in [3.63, 3.8) is 0 Å². The van der Waals surface area contributed by atoms with Gasteiger partial charge in [0, 0.05) is 31.6 Å². The van der Waals surface area contributed by atoms with E-state index in [9.17, 15) is 18.0 Å². The van der Waals surface area contributed by atoms with Crippen molar-refractivity contribution in [1.29, 1.82) is 0 Å². The van der Waals surface area contributed by atoms with Gasteiger partial charge in [0.05, 0.1) is 16.8 Å². The molecule has 0 atom stereocenters. The highest BCUT2D eigenvalue weighted by molar-refractivity contribution is 7.99. The summed E-state index contributed by atoms with van der Waals surface area (Å²) in [6.07, 6.45) is -4.48. The maximum absolute atomic E-state index is 13.0. The van der Waals surface area contributed by atoms with Crippen LogP contribution >= 0.6 is 11.8 Å². The zero-order chi connectivity index (χ0) is 14.8. The van der Waals surface area contributed by atoms with Gasteiger partial charge in [0.15, 0.2) is 0 Å². The minimum Gasteiger partial charge on any atom is -0.387 e. The van der Waals surface area contributed by atoms with E-state index in [-0.39, 0.29) is 17.2 Å². The highest BCUT2D eigenvalue weighted by Gasteiger charge is 2.35. The summed E-state index contributed by atoms with van der Waals surface area (Å²) in [6.45, 7) is 1.14. The van der Waals surface area contributed by atoms with E-state index in [0.29, 0.717) is 13.1 Å². The molecular weight excluding hydrogens is 289 g/mol. The molecule has 1 aromatic rings. The first-order chi connectivity index (χ1) is 9.45. The maximum Gasteiger partial charge on any atom is 0.418 e. The fourth-order valence-corrected chi connectivity index (χ4v) is 3.08. The Morgan fingerprint density at radius 3 is 2.50 bits per heavy atom. The highest BCUT2D eigenvalue weighted by atomic mass is 32.2. The molecule has 1 fully saturated rings. The van der Waals surface area contributed by atoms with Crippen LogP contribution in [0.25, 0.3) is 0 Å². The number of rotatable bonds is 2. The number of hydrogen-bond donors (Lipinski definition) is 1. The molecule has 1 amide bonds. The number of carbonyl (C=O) groups excluding carboxylic acids is 1. The molecule has 0 aliphatic carbocycles. The van der Waals surface area contributed by atoms with Crippen molar-refractivity contribution >= 4 is 23.4 Å². The summed E-state index contributed by atoms with van der Waals surface area (Å²) in [5.41, 5.74) is -0.880. The van der Waals surface area contributed by atoms with Crippen molar-refractivity contribution in [3.8, 4) is 0 Å². The van der Waals surface area contributed by atoms with Crippen LogP contribution in [0.1, 0.15) is 15.9 Å². The molecule has 3 nitrogen and oxygen atoms in total. The van der Waals surface area contributed by atoms with Crippen LogP contribution in [-0.2, 0) is 6.18 Å². The Morgan fingerprint density at radius 1 is 1.30 bits per heavy atom. The number of alkyl halides is 3. The lowest BCUT2D eigenvalue weighted by molar-refractivity contribution is -0.136. The quantitative estimate of drug-likeness (QED) is 0.912. The molecule has 0 aromatic heterocycles. The Balaban J connectivity index is 2.38. The number of benzene rings is 1. The van der Waals surface area contributed by atoms with Crippen LogP contribution in [0.5, 0.6) is 0 Å². The Labute approximate surface area is 119 Å².